The molecule has 220 valence electrons. The highest BCUT2D eigenvalue weighted by molar-refractivity contribution is 7.98. The van der Waals surface area contributed by atoms with Crippen molar-refractivity contribution in [2.24, 2.45) is 5.92 Å². The van der Waals surface area contributed by atoms with E-state index >= 15 is 0 Å². The van der Waals surface area contributed by atoms with Gasteiger partial charge >= 0.3 is 5.97 Å². The summed E-state index contributed by atoms with van der Waals surface area (Å²) in [5, 5.41) is 9.01. The Morgan fingerprint density at radius 2 is 1.90 bits per heavy atom. The van der Waals surface area contributed by atoms with Crippen molar-refractivity contribution in [1.82, 2.24) is 20.8 Å². The van der Waals surface area contributed by atoms with Crippen LogP contribution in [0.2, 0.25) is 23.2 Å². The van der Waals surface area contributed by atoms with Crippen LogP contribution in [0.25, 0.3) is 0 Å². The number of amides is 2. The molecule has 40 heavy (non-hydrogen) atoms. The van der Waals surface area contributed by atoms with E-state index in [0.29, 0.717) is 28.8 Å². The van der Waals surface area contributed by atoms with E-state index in [1.165, 1.54) is 18.9 Å². The summed E-state index contributed by atoms with van der Waals surface area (Å²) in [6.45, 7) is 13.7. The third-order valence-corrected chi connectivity index (χ3v) is 13.4. The Balaban J connectivity index is 2.11. The number of fused-ring (bicyclic) bond motifs is 1. The quantitative estimate of drug-likeness (QED) is 0.355. The van der Waals surface area contributed by atoms with Crippen molar-refractivity contribution in [3.8, 4) is 11.5 Å². The molecule has 1 aromatic heterocycles. The van der Waals surface area contributed by atoms with E-state index in [2.05, 4.69) is 61.6 Å². The summed E-state index contributed by atoms with van der Waals surface area (Å²) in [7, 11) is -0.999. The Bertz CT molecular complexity index is 1270. The lowest BCUT2D eigenvalue weighted by molar-refractivity contribution is -0.128. The molecule has 0 unspecified atom stereocenters. The Kier molecular flexibility index (Phi) is 10.2. The van der Waals surface area contributed by atoms with Gasteiger partial charge in [-0.3, -0.25) is 9.59 Å². The van der Waals surface area contributed by atoms with Gasteiger partial charge < -0.3 is 29.1 Å². The molecule has 1 aromatic carbocycles. The molecule has 3 rings (SSSR count). The summed E-state index contributed by atoms with van der Waals surface area (Å²) in [6.07, 6.45) is 0. The van der Waals surface area contributed by atoms with Gasteiger partial charge in [0.25, 0.3) is 14.2 Å². The van der Waals surface area contributed by atoms with Gasteiger partial charge in [0, 0.05) is 23.1 Å². The van der Waals surface area contributed by atoms with Crippen molar-refractivity contribution in [3.05, 3.63) is 33.9 Å². The maximum Gasteiger partial charge on any atom is 0.340 e. The minimum absolute atomic E-state index is 0.0583. The number of aromatic nitrogens is 2. The first-order valence-electron chi connectivity index (χ1n) is 12.9. The van der Waals surface area contributed by atoms with E-state index in [1.54, 1.807) is 13.0 Å². The lowest BCUT2D eigenvalue weighted by Crippen LogP contribution is -2.48. The number of benzene rings is 1. The van der Waals surface area contributed by atoms with Crippen molar-refractivity contribution in [1.29, 1.82) is 0 Å². The molecule has 0 spiro atoms. The molecule has 2 N–H and O–H groups in total. The summed E-state index contributed by atoms with van der Waals surface area (Å²) < 4.78 is 22.9. The van der Waals surface area contributed by atoms with Crippen molar-refractivity contribution >= 4 is 49.5 Å². The van der Waals surface area contributed by atoms with Gasteiger partial charge in [-0.15, -0.1) is 0 Å². The fourth-order valence-corrected chi connectivity index (χ4v) is 7.71. The van der Waals surface area contributed by atoms with Gasteiger partial charge in [-0.25, -0.2) is 4.79 Å². The van der Waals surface area contributed by atoms with Crippen LogP contribution in [0.15, 0.2) is 10.6 Å². The maximum atomic E-state index is 13.4. The second kappa shape index (κ2) is 12.8. The van der Waals surface area contributed by atoms with E-state index < -0.39 is 38.7 Å². The average molecular weight is 613 g/mol. The van der Waals surface area contributed by atoms with Gasteiger partial charge in [0.15, 0.2) is 12.4 Å². The van der Waals surface area contributed by atoms with E-state index in [9.17, 15) is 14.4 Å². The number of nitrogens with one attached hydrogen (secondary N) is 2. The largest absolute Gasteiger partial charge is 0.543 e. The van der Waals surface area contributed by atoms with Crippen LogP contribution in [-0.4, -0.2) is 62.3 Å². The van der Waals surface area contributed by atoms with Gasteiger partial charge in [-0.1, -0.05) is 44.5 Å². The van der Waals surface area contributed by atoms with E-state index in [-0.39, 0.29) is 39.6 Å². The number of halogens is 1. The molecule has 2 aromatic rings. The number of hydrogen-bond donors (Lipinski definition) is 2. The lowest BCUT2D eigenvalue weighted by atomic mass is 9.99. The number of hydrogen-bond acceptors (Lipinski definition) is 10. The van der Waals surface area contributed by atoms with E-state index in [0.717, 1.165) is 0 Å². The molecule has 2 heterocycles. The van der Waals surface area contributed by atoms with Crippen LogP contribution in [0, 0.1) is 12.8 Å². The van der Waals surface area contributed by atoms with Crippen LogP contribution >= 0.6 is 23.4 Å². The lowest BCUT2D eigenvalue weighted by Gasteiger charge is -2.43. The Labute approximate surface area is 244 Å². The second-order valence-electron chi connectivity index (χ2n) is 10.9. The number of cyclic esters (lactones) is 1. The first kappa shape index (κ1) is 31.8. The molecule has 1 aliphatic rings. The fourth-order valence-electron chi connectivity index (χ4n) is 3.93. The molecule has 1 atom stereocenters. The van der Waals surface area contributed by atoms with Crippen LogP contribution in [0.5, 0.6) is 11.5 Å². The summed E-state index contributed by atoms with van der Waals surface area (Å²) >= 11 is 8.08. The smallest absolute Gasteiger partial charge is 0.340 e. The molecule has 14 heteroatoms. The monoisotopic (exact) mass is 612 g/mol. The predicted octanol–water partition coefficient (Wildman–Crippen LogP) is 4.44. The minimum atomic E-state index is -2.45. The normalized spacial score (nSPS) is 17.9. The molecule has 0 fully saturated rings. The summed E-state index contributed by atoms with van der Waals surface area (Å²) in [4.78, 5) is 42.5. The standard InChI is InChI=1S/C26H37ClN4O7SSi/c1-14(2)26(4,5)40(7,8)38-18-9-19(35-6)23(27)22-16(18)12-39-13-17(24-29-15(3)31-37-24)30-20(32)10-28-21(33)11-36-25(22)34/h9,14,17H,10-13H2,1-8H3,(H,28,33)(H,30,32)/t17-/m0/s1. The molecule has 0 saturated heterocycles. The fraction of sp³-hybridized carbons (Fsp3) is 0.577. The number of nitrogens with zero attached hydrogens (tertiary/aromatic N) is 2. The van der Waals surface area contributed by atoms with Gasteiger partial charge in [0.05, 0.1) is 24.2 Å². The average Bonchev–Trinajstić information content (AvgIpc) is 3.32. The highest BCUT2D eigenvalue weighted by atomic mass is 35.5. The highest BCUT2D eigenvalue weighted by Gasteiger charge is 2.45. The predicted molar refractivity (Wildman–Crippen MR) is 154 cm³/mol. The van der Waals surface area contributed by atoms with E-state index in [1.807, 2.05) is 0 Å². The number of carbonyl (C=O) groups excluding carboxylic acids is 3. The van der Waals surface area contributed by atoms with Crippen LogP contribution < -0.4 is 19.8 Å². The molecule has 0 aliphatic carbocycles. The Morgan fingerprint density at radius 3 is 2.50 bits per heavy atom. The molecule has 2 amide bonds. The number of carbonyl (C=O) groups is 3. The minimum Gasteiger partial charge on any atom is -0.543 e. The van der Waals surface area contributed by atoms with Crippen molar-refractivity contribution in [2.75, 3.05) is 26.0 Å². The van der Waals surface area contributed by atoms with Gasteiger partial charge in [0.1, 0.15) is 17.5 Å². The van der Waals surface area contributed by atoms with Crippen molar-refractivity contribution in [3.63, 3.8) is 0 Å². The number of ether oxygens (including phenoxy) is 2. The third-order valence-electron chi connectivity index (χ3n) is 7.57. The molecule has 0 bridgehead atoms. The Morgan fingerprint density at radius 1 is 1.20 bits per heavy atom. The summed E-state index contributed by atoms with van der Waals surface area (Å²) in [6, 6.07) is 1.05. The topological polar surface area (TPSA) is 142 Å². The zero-order chi connectivity index (χ0) is 29.8. The van der Waals surface area contributed by atoms with Gasteiger partial charge in [-0.2, -0.15) is 16.7 Å². The zero-order valence-electron chi connectivity index (χ0n) is 24.1. The van der Waals surface area contributed by atoms with Crippen LogP contribution in [0.4, 0.5) is 0 Å². The number of rotatable bonds is 6. The molecule has 1 aliphatic heterocycles. The van der Waals surface area contributed by atoms with Crippen LogP contribution in [0.3, 0.4) is 0 Å². The highest BCUT2D eigenvalue weighted by Crippen LogP contribution is 2.47. The summed E-state index contributed by atoms with van der Waals surface area (Å²) in [5.74, 6) is 0.364. The third kappa shape index (κ3) is 7.10. The number of aryl methyl sites for hydroxylation is 1. The molecular weight excluding hydrogens is 576 g/mol. The number of esters is 1. The Hall–Kier alpha value is -2.77. The molecule has 11 nitrogen and oxygen atoms in total. The van der Waals surface area contributed by atoms with Gasteiger partial charge in [-0.05, 0) is 31.0 Å². The first-order chi connectivity index (χ1) is 18.7. The van der Waals surface area contributed by atoms with Crippen LogP contribution in [-0.2, 0) is 20.1 Å². The van der Waals surface area contributed by atoms with Crippen LogP contribution in [0.1, 0.15) is 61.4 Å². The van der Waals surface area contributed by atoms with E-state index in [4.69, 9.17) is 30.0 Å². The first-order valence-corrected chi connectivity index (χ1v) is 17.3. The SMILES string of the molecule is COc1cc(O[Si](C)(C)C(C)(C)C(C)C)c2c(c1Cl)C(=O)OCC(=O)NCC(=O)N[C@H](c1nc(C)no1)CSC2. The van der Waals surface area contributed by atoms with Crippen molar-refractivity contribution < 1.29 is 32.8 Å². The maximum absolute atomic E-state index is 13.4. The molecule has 0 radical (unpaired) electrons. The molecule has 0 saturated carbocycles. The zero-order valence-corrected chi connectivity index (χ0v) is 26.7. The number of methoxy groups -OCH3 is 1. The number of thioether (sulfide) groups is 1. The summed E-state index contributed by atoms with van der Waals surface area (Å²) in [5.41, 5.74) is 0.569. The molecular formula is C26H37ClN4O7SSi. The van der Waals surface area contributed by atoms with Crippen molar-refractivity contribution in [2.45, 2.75) is 64.5 Å². The second-order valence-corrected chi connectivity index (χ2v) is 16.8. The van der Waals surface area contributed by atoms with Gasteiger partial charge in [0.2, 0.25) is 11.8 Å².